The summed E-state index contributed by atoms with van der Waals surface area (Å²) in [4.78, 5) is 9.62. The van der Waals surface area contributed by atoms with Gasteiger partial charge in [0.1, 0.15) is 5.82 Å². The molecule has 0 atom stereocenters. The number of nitrogens with zero attached hydrogens (tertiary/aromatic N) is 4. The van der Waals surface area contributed by atoms with Crippen LogP contribution in [0.4, 0.5) is 17.5 Å². The lowest BCUT2D eigenvalue weighted by Crippen LogP contribution is -2.07. The van der Waals surface area contributed by atoms with Crippen molar-refractivity contribution in [2.75, 3.05) is 10.6 Å². The van der Waals surface area contributed by atoms with Gasteiger partial charge in [0.05, 0.1) is 17.3 Å². The van der Waals surface area contributed by atoms with Gasteiger partial charge in [-0.25, -0.2) is 4.68 Å². The summed E-state index contributed by atoms with van der Waals surface area (Å²) in [6.07, 6.45) is 1.81. The first kappa shape index (κ1) is 20.7. The van der Waals surface area contributed by atoms with E-state index in [1.165, 1.54) is 22.3 Å². The highest BCUT2D eigenvalue weighted by Gasteiger charge is 2.15. The summed E-state index contributed by atoms with van der Waals surface area (Å²) >= 11 is 0. The second-order valence-corrected chi connectivity index (χ2v) is 8.29. The first-order valence-electron chi connectivity index (χ1n) is 11.0. The fraction of sp³-hybridized carbons (Fsp3) is 0.148. The minimum Gasteiger partial charge on any atom is -0.350 e. The van der Waals surface area contributed by atoms with E-state index in [2.05, 4.69) is 79.0 Å². The quantitative estimate of drug-likeness (QED) is 0.338. The Bertz CT molecular complexity index is 1400. The molecule has 6 nitrogen and oxygen atoms in total. The van der Waals surface area contributed by atoms with Gasteiger partial charge < -0.3 is 10.6 Å². The van der Waals surface area contributed by atoms with Gasteiger partial charge in [0.2, 0.25) is 5.95 Å². The molecule has 0 saturated carbocycles. The zero-order chi connectivity index (χ0) is 22.8. The standard InChI is InChI=1S/C27H26N6/c1-18-9-12-21(13-10-18)16-28-27-31-25(30-22-14-11-19(2)20(3)15-22)24-17-29-33(26(24)32-27)23-7-5-4-6-8-23/h4-15,17H,16H2,1-3H3,(H2,28,30,31,32). The van der Waals surface area contributed by atoms with E-state index in [9.17, 15) is 0 Å². The van der Waals surface area contributed by atoms with E-state index < -0.39 is 0 Å². The zero-order valence-electron chi connectivity index (χ0n) is 19.0. The molecule has 3 aromatic carbocycles. The molecule has 0 radical (unpaired) electrons. The third kappa shape index (κ3) is 4.41. The molecule has 0 aliphatic rings. The third-order valence-electron chi connectivity index (χ3n) is 5.77. The van der Waals surface area contributed by atoms with Gasteiger partial charge in [-0.3, -0.25) is 0 Å². The van der Waals surface area contributed by atoms with Crippen molar-refractivity contribution in [3.8, 4) is 5.69 Å². The van der Waals surface area contributed by atoms with Crippen molar-refractivity contribution >= 4 is 28.5 Å². The smallest absolute Gasteiger partial charge is 0.227 e. The molecule has 5 aromatic rings. The Morgan fingerprint density at radius 2 is 1.61 bits per heavy atom. The van der Waals surface area contributed by atoms with E-state index in [4.69, 9.17) is 9.97 Å². The van der Waals surface area contributed by atoms with Crippen LogP contribution in [0.1, 0.15) is 22.3 Å². The number of hydrogen-bond acceptors (Lipinski definition) is 5. The number of aryl methyl sites for hydroxylation is 3. The maximum absolute atomic E-state index is 4.82. The second kappa shape index (κ2) is 8.74. The van der Waals surface area contributed by atoms with Crippen LogP contribution in [0.15, 0.2) is 79.0 Å². The topological polar surface area (TPSA) is 67.7 Å². The molecular formula is C27H26N6. The van der Waals surface area contributed by atoms with Crippen molar-refractivity contribution < 1.29 is 0 Å². The van der Waals surface area contributed by atoms with E-state index >= 15 is 0 Å². The molecule has 0 saturated heterocycles. The number of nitrogens with one attached hydrogen (secondary N) is 2. The molecule has 0 spiro atoms. The summed E-state index contributed by atoms with van der Waals surface area (Å²) in [6.45, 7) is 6.94. The predicted molar refractivity (Wildman–Crippen MR) is 134 cm³/mol. The Labute approximate surface area is 193 Å². The molecule has 6 heteroatoms. The van der Waals surface area contributed by atoms with Gasteiger partial charge in [-0.1, -0.05) is 54.1 Å². The van der Waals surface area contributed by atoms with Crippen LogP contribution in [-0.4, -0.2) is 19.7 Å². The van der Waals surface area contributed by atoms with Gasteiger partial charge in [-0.05, 0) is 61.7 Å². The molecule has 0 aliphatic carbocycles. The lowest BCUT2D eigenvalue weighted by molar-refractivity contribution is 0.894. The zero-order valence-corrected chi connectivity index (χ0v) is 19.0. The molecule has 2 N–H and O–H groups in total. The SMILES string of the molecule is Cc1ccc(CNc2nc(Nc3ccc(C)c(C)c3)c3cnn(-c4ccccc4)c3n2)cc1. The Kier molecular flexibility index (Phi) is 5.48. The molecule has 0 unspecified atom stereocenters. The number of anilines is 3. The van der Waals surface area contributed by atoms with Crippen molar-refractivity contribution in [1.82, 2.24) is 19.7 Å². The van der Waals surface area contributed by atoms with Crippen molar-refractivity contribution in [3.05, 3.63) is 101 Å². The van der Waals surface area contributed by atoms with Crippen molar-refractivity contribution in [1.29, 1.82) is 0 Å². The molecule has 33 heavy (non-hydrogen) atoms. The number of para-hydroxylation sites is 1. The van der Waals surface area contributed by atoms with Gasteiger partial charge in [-0.15, -0.1) is 0 Å². The Morgan fingerprint density at radius 3 is 2.36 bits per heavy atom. The van der Waals surface area contributed by atoms with E-state index in [0.717, 1.165) is 28.2 Å². The monoisotopic (exact) mass is 434 g/mol. The largest absolute Gasteiger partial charge is 0.350 e. The minimum atomic E-state index is 0.548. The summed E-state index contributed by atoms with van der Waals surface area (Å²) in [5.41, 5.74) is 7.57. The number of rotatable bonds is 6. The summed E-state index contributed by atoms with van der Waals surface area (Å²) in [6, 6.07) is 24.8. The van der Waals surface area contributed by atoms with Crippen LogP contribution in [0.25, 0.3) is 16.7 Å². The van der Waals surface area contributed by atoms with E-state index in [1.807, 2.05) is 41.2 Å². The van der Waals surface area contributed by atoms with Crippen LogP contribution in [0.3, 0.4) is 0 Å². The maximum atomic E-state index is 4.82. The van der Waals surface area contributed by atoms with Crippen LogP contribution in [-0.2, 0) is 6.54 Å². The lowest BCUT2D eigenvalue weighted by atomic mass is 10.1. The molecule has 2 aromatic heterocycles. The van der Waals surface area contributed by atoms with Crippen LogP contribution in [0.5, 0.6) is 0 Å². The fourth-order valence-electron chi connectivity index (χ4n) is 3.68. The normalized spacial score (nSPS) is 11.0. The average Bonchev–Trinajstić information content (AvgIpc) is 3.26. The molecule has 0 bridgehead atoms. The van der Waals surface area contributed by atoms with Crippen molar-refractivity contribution in [2.24, 2.45) is 0 Å². The van der Waals surface area contributed by atoms with Gasteiger partial charge in [0.25, 0.3) is 0 Å². The number of aromatic nitrogens is 4. The first-order chi connectivity index (χ1) is 16.1. The van der Waals surface area contributed by atoms with Gasteiger partial charge in [0, 0.05) is 12.2 Å². The van der Waals surface area contributed by atoms with Gasteiger partial charge in [0.15, 0.2) is 5.65 Å². The van der Waals surface area contributed by atoms with Crippen LogP contribution < -0.4 is 10.6 Å². The van der Waals surface area contributed by atoms with Gasteiger partial charge >= 0.3 is 0 Å². The third-order valence-corrected chi connectivity index (χ3v) is 5.77. The lowest BCUT2D eigenvalue weighted by Gasteiger charge is -2.12. The molecule has 0 fully saturated rings. The molecule has 164 valence electrons. The molecule has 2 heterocycles. The van der Waals surface area contributed by atoms with E-state index in [0.29, 0.717) is 12.5 Å². The molecule has 0 aliphatic heterocycles. The molecular weight excluding hydrogens is 408 g/mol. The van der Waals surface area contributed by atoms with Gasteiger partial charge in [-0.2, -0.15) is 15.1 Å². The predicted octanol–water partition coefficient (Wildman–Crippen LogP) is 6.10. The fourth-order valence-corrected chi connectivity index (χ4v) is 3.68. The van der Waals surface area contributed by atoms with E-state index in [-0.39, 0.29) is 0 Å². The number of hydrogen-bond donors (Lipinski definition) is 2. The average molecular weight is 435 g/mol. The van der Waals surface area contributed by atoms with Crippen LogP contribution in [0.2, 0.25) is 0 Å². The van der Waals surface area contributed by atoms with Crippen molar-refractivity contribution in [2.45, 2.75) is 27.3 Å². The Balaban J connectivity index is 1.55. The van der Waals surface area contributed by atoms with Crippen LogP contribution in [0, 0.1) is 20.8 Å². The molecule has 0 amide bonds. The van der Waals surface area contributed by atoms with Crippen molar-refractivity contribution in [3.63, 3.8) is 0 Å². The Hall–Kier alpha value is -4.19. The Morgan fingerprint density at radius 1 is 0.818 bits per heavy atom. The van der Waals surface area contributed by atoms with E-state index in [1.54, 1.807) is 0 Å². The summed E-state index contributed by atoms with van der Waals surface area (Å²) < 4.78 is 1.85. The first-order valence-corrected chi connectivity index (χ1v) is 11.0. The highest BCUT2D eigenvalue weighted by atomic mass is 15.3. The number of benzene rings is 3. The highest BCUT2D eigenvalue weighted by molar-refractivity contribution is 5.90. The summed E-state index contributed by atoms with van der Waals surface area (Å²) in [5.74, 6) is 1.27. The van der Waals surface area contributed by atoms with Crippen LogP contribution >= 0.6 is 0 Å². The highest BCUT2D eigenvalue weighted by Crippen LogP contribution is 2.28. The molecule has 5 rings (SSSR count). The summed E-state index contributed by atoms with van der Waals surface area (Å²) in [7, 11) is 0. The summed E-state index contributed by atoms with van der Waals surface area (Å²) in [5, 5.41) is 12.3. The minimum absolute atomic E-state index is 0.548. The number of fused-ring (bicyclic) bond motifs is 1. The second-order valence-electron chi connectivity index (χ2n) is 8.29. The maximum Gasteiger partial charge on any atom is 0.227 e.